The number of hydrogen-bond acceptors (Lipinski definition) is 6. The smallest absolute Gasteiger partial charge is 0.326 e. The van der Waals surface area contributed by atoms with Crippen LogP contribution in [0.5, 0.6) is 0 Å². The normalized spacial score (nSPS) is 15.4. The summed E-state index contributed by atoms with van der Waals surface area (Å²) >= 11 is 0. The fourth-order valence-electron chi connectivity index (χ4n) is 4.00. The van der Waals surface area contributed by atoms with E-state index in [-0.39, 0.29) is 24.7 Å². The summed E-state index contributed by atoms with van der Waals surface area (Å²) in [7, 11) is 0. The molecule has 0 aliphatic heterocycles. The van der Waals surface area contributed by atoms with E-state index >= 15 is 0 Å². The maximum Gasteiger partial charge on any atom is 0.326 e. The Kier molecular flexibility index (Phi) is 11.1. The number of benzene rings is 1. The van der Waals surface area contributed by atoms with Crippen LogP contribution in [-0.2, 0) is 25.6 Å². The number of hydrogen-bond donors (Lipinski definition) is 7. The molecule has 1 heterocycles. The summed E-state index contributed by atoms with van der Waals surface area (Å²) < 4.78 is 0. The van der Waals surface area contributed by atoms with E-state index < -0.39 is 54.5 Å². The number of aromatic nitrogens is 1. The van der Waals surface area contributed by atoms with E-state index in [9.17, 15) is 29.4 Å². The highest BCUT2D eigenvalue weighted by molar-refractivity contribution is 5.95. The molecule has 0 aliphatic rings. The predicted octanol–water partition coefficient (Wildman–Crippen LogP) is 0.661. The van der Waals surface area contributed by atoms with Crippen LogP contribution in [0.2, 0.25) is 0 Å². The van der Waals surface area contributed by atoms with Gasteiger partial charge in [0.1, 0.15) is 24.2 Å². The maximum absolute atomic E-state index is 13.4. The van der Waals surface area contributed by atoms with Crippen molar-refractivity contribution in [1.29, 1.82) is 0 Å². The lowest BCUT2D eigenvalue weighted by Gasteiger charge is -2.28. The number of rotatable bonds is 14. The van der Waals surface area contributed by atoms with Crippen molar-refractivity contribution in [2.75, 3.05) is 6.61 Å². The summed E-state index contributed by atoms with van der Waals surface area (Å²) in [6.45, 7) is 6.74. The Morgan fingerprint density at radius 2 is 1.62 bits per heavy atom. The van der Waals surface area contributed by atoms with Crippen LogP contribution in [0.15, 0.2) is 30.5 Å². The third-order valence-corrected chi connectivity index (χ3v) is 6.38. The van der Waals surface area contributed by atoms with Crippen LogP contribution in [0.3, 0.4) is 0 Å². The number of carbonyl (C=O) groups excluding carboxylic acids is 3. The molecule has 0 saturated heterocycles. The minimum absolute atomic E-state index is 0.0174. The minimum atomic E-state index is -1.20. The Morgan fingerprint density at radius 3 is 2.22 bits per heavy atom. The van der Waals surface area contributed by atoms with Crippen LogP contribution in [-0.4, -0.2) is 69.7 Å². The highest BCUT2D eigenvalue weighted by atomic mass is 16.4. The van der Waals surface area contributed by atoms with Gasteiger partial charge >= 0.3 is 5.97 Å². The molecule has 3 amide bonds. The molecule has 11 heteroatoms. The largest absolute Gasteiger partial charge is 0.480 e. The number of fused-ring (bicyclic) bond motifs is 1. The summed E-state index contributed by atoms with van der Waals surface area (Å²) in [6.07, 6.45) is 2.60. The van der Waals surface area contributed by atoms with E-state index in [2.05, 4.69) is 20.9 Å². The van der Waals surface area contributed by atoms with Crippen LogP contribution in [0.25, 0.3) is 10.9 Å². The second-order valence-electron chi connectivity index (χ2n) is 9.81. The lowest BCUT2D eigenvalue weighted by atomic mass is 9.96. The van der Waals surface area contributed by atoms with Crippen molar-refractivity contribution in [3.05, 3.63) is 36.0 Å². The van der Waals surface area contributed by atoms with Gasteiger partial charge in [0.05, 0.1) is 6.61 Å². The highest BCUT2D eigenvalue weighted by Gasteiger charge is 2.33. The Bertz CT molecular complexity index is 1080. The summed E-state index contributed by atoms with van der Waals surface area (Å²) in [4.78, 5) is 53.9. The van der Waals surface area contributed by atoms with Crippen LogP contribution < -0.4 is 21.7 Å². The number of aliphatic hydroxyl groups is 1. The average Bonchev–Trinajstić information content (AvgIpc) is 3.27. The molecule has 2 aromatic rings. The zero-order valence-electron chi connectivity index (χ0n) is 21.8. The number of para-hydroxylation sites is 1. The topological polar surface area (TPSA) is 187 Å². The van der Waals surface area contributed by atoms with Gasteiger partial charge in [0.15, 0.2) is 0 Å². The van der Waals surface area contributed by atoms with Gasteiger partial charge in [-0.05, 0) is 29.9 Å². The van der Waals surface area contributed by atoms with Gasteiger partial charge in [-0.15, -0.1) is 0 Å². The first kappa shape index (κ1) is 29.8. The number of aliphatic carboxylic acids is 1. The second kappa shape index (κ2) is 13.8. The molecule has 0 radical (unpaired) electrons. The fourth-order valence-corrected chi connectivity index (χ4v) is 4.00. The van der Waals surface area contributed by atoms with E-state index in [4.69, 9.17) is 5.73 Å². The monoisotopic (exact) mass is 517 g/mol. The first-order chi connectivity index (χ1) is 17.5. The summed E-state index contributed by atoms with van der Waals surface area (Å²) in [6, 6.07) is 3.04. The summed E-state index contributed by atoms with van der Waals surface area (Å²) in [5.74, 6) is -3.40. The molecule has 0 aliphatic carbocycles. The lowest BCUT2D eigenvalue weighted by molar-refractivity contribution is -0.142. The van der Waals surface area contributed by atoms with E-state index in [1.807, 2.05) is 45.0 Å². The Morgan fingerprint density at radius 1 is 0.973 bits per heavy atom. The van der Waals surface area contributed by atoms with Crippen molar-refractivity contribution < 1.29 is 29.4 Å². The number of amides is 3. The second-order valence-corrected chi connectivity index (χ2v) is 9.81. The number of nitrogens with one attached hydrogen (secondary N) is 4. The predicted molar refractivity (Wildman–Crippen MR) is 139 cm³/mol. The van der Waals surface area contributed by atoms with E-state index in [1.54, 1.807) is 13.1 Å². The Balaban J connectivity index is 2.35. The minimum Gasteiger partial charge on any atom is -0.480 e. The number of carboxylic acid groups (broad SMARTS) is 1. The maximum atomic E-state index is 13.4. The first-order valence-electron chi connectivity index (χ1n) is 12.5. The molecule has 204 valence electrons. The molecule has 5 atom stereocenters. The van der Waals surface area contributed by atoms with Gasteiger partial charge in [-0.3, -0.25) is 14.4 Å². The molecule has 0 unspecified atom stereocenters. The van der Waals surface area contributed by atoms with Crippen molar-refractivity contribution in [2.45, 2.75) is 71.1 Å². The molecular formula is C26H39N5O6. The molecule has 1 aromatic carbocycles. The standard InChI is InChI=1S/C26H39N5O6/c1-5-15(4)22(31-23(33)18(27)13-32)25(35)29-20(24(34)30-21(26(36)37)10-14(2)3)11-16-12-28-19-9-7-6-8-17(16)19/h6-9,12,14-15,18,20-22,28,32H,5,10-11,13,27H2,1-4H3,(H,29,35)(H,30,34)(H,31,33)(H,36,37)/t15-,18-,20-,21-,22-/m0/s1. The van der Waals surface area contributed by atoms with E-state index in [0.717, 1.165) is 16.5 Å². The Hall–Kier alpha value is -3.44. The van der Waals surface area contributed by atoms with Crippen molar-refractivity contribution in [1.82, 2.24) is 20.9 Å². The first-order valence-corrected chi connectivity index (χ1v) is 12.5. The van der Waals surface area contributed by atoms with Gasteiger partial charge in [0.25, 0.3) is 0 Å². The molecule has 11 nitrogen and oxygen atoms in total. The SMILES string of the molecule is CC[C@H](C)[C@H](NC(=O)[C@@H](N)CO)C(=O)N[C@@H](Cc1c[nH]c2ccccc12)C(=O)N[C@@H](CC(C)C)C(=O)O. The van der Waals surface area contributed by atoms with Gasteiger partial charge in [-0.2, -0.15) is 0 Å². The van der Waals surface area contributed by atoms with Crippen molar-refractivity contribution in [2.24, 2.45) is 17.6 Å². The molecular weight excluding hydrogens is 478 g/mol. The molecule has 37 heavy (non-hydrogen) atoms. The molecule has 8 N–H and O–H groups in total. The number of aromatic amines is 1. The zero-order chi connectivity index (χ0) is 27.7. The lowest BCUT2D eigenvalue weighted by Crippen LogP contribution is -2.59. The van der Waals surface area contributed by atoms with Crippen LogP contribution in [0.1, 0.15) is 46.1 Å². The fraction of sp³-hybridized carbons (Fsp3) is 0.538. The highest BCUT2D eigenvalue weighted by Crippen LogP contribution is 2.20. The van der Waals surface area contributed by atoms with Gasteiger partial charge in [-0.1, -0.05) is 52.3 Å². The van der Waals surface area contributed by atoms with Crippen molar-refractivity contribution >= 4 is 34.6 Å². The summed E-state index contributed by atoms with van der Waals surface area (Å²) in [5, 5.41) is 27.5. The molecule has 2 rings (SSSR count). The van der Waals surface area contributed by atoms with Crippen LogP contribution in [0, 0.1) is 11.8 Å². The van der Waals surface area contributed by atoms with Gasteiger partial charge in [0.2, 0.25) is 17.7 Å². The molecule has 0 fully saturated rings. The number of H-pyrrole nitrogens is 1. The van der Waals surface area contributed by atoms with Crippen LogP contribution in [0.4, 0.5) is 0 Å². The molecule has 0 bridgehead atoms. The molecule has 0 spiro atoms. The number of aliphatic hydroxyl groups excluding tert-OH is 1. The number of nitrogens with two attached hydrogens (primary N) is 1. The average molecular weight is 518 g/mol. The zero-order valence-corrected chi connectivity index (χ0v) is 21.8. The number of carboxylic acids is 1. The van der Waals surface area contributed by atoms with Crippen molar-refractivity contribution in [3.8, 4) is 0 Å². The third kappa shape index (κ3) is 8.29. The van der Waals surface area contributed by atoms with Gasteiger partial charge < -0.3 is 36.9 Å². The van der Waals surface area contributed by atoms with E-state index in [1.165, 1.54) is 0 Å². The third-order valence-electron chi connectivity index (χ3n) is 6.38. The molecule has 0 saturated carbocycles. The molecule has 1 aromatic heterocycles. The van der Waals surface area contributed by atoms with Crippen molar-refractivity contribution in [3.63, 3.8) is 0 Å². The van der Waals surface area contributed by atoms with Gasteiger partial charge in [-0.25, -0.2) is 4.79 Å². The van der Waals surface area contributed by atoms with Gasteiger partial charge in [0, 0.05) is 23.5 Å². The Labute approximate surface area is 216 Å². The van der Waals surface area contributed by atoms with E-state index in [0.29, 0.717) is 6.42 Å². The quantitative estimate of drug-likeness (QED) is 0.192. The number of carbonyl (C=O) groups is 4. The summed E-state index contributed by atoms with van der Waals surface area (Å²) in [5.41, 5.74) is 7.22. The van der Waals surface area contributed by atoms with Crippen LogP contribution >= 0.6 is 0 Å².